The van der Waals surface area contributed by atoms with Crippen molar-refractivity contribution in [3.05, 3.63) is 11.8 Å². The van der Waals surface area contributed by atoms with Crippen LogP contribution in [-0.4, -0.2) is 33.4 Å². The molecule has 1 aliphatic rings. The van der Waals surface area contributed by atoms with E-state index in [1.807, 2.05) is 0 Å². The molecule has 116 valence electrons. The summed E-state index contributed by atoms with van der Waals surface area (Å²) in [5.41, 5.74) is -0.249. The molecule has 1 saturated carbocycles. The van der Waals surface area contributed by atoms with Gasteiger partial charge in [0.1, 0.15) is 5.69 Å². The number of carboxylic acids is 1. The van der Waals surface area contributed by atoms with E-state index in [0.29, 0.717) is 12.8 Å². The number of rotatable bonds is 3. The van der Waals surface area contributed by atoms with Crippen LogP contribution >= 0.6 is 0 Å². The number of halogens is 3. The van der Waals surface area contributed by atoms with Crippen LogP contribution in [0.25, 0.3) is 0 Å². The number of anilines is 1. The fraction of sp³-hybridized carbons (Fsp3) is 0.583. The number of aromatic carboxylic acids is 1. The molecular formula is C12H14F3N3O3. The first-order chi connectivity index (χ1) is 9.79. The average Bonchev–Trinajstić information content (AvgIpc) is 2.86. The van der Waals surface area contributed by atoms with Crippen LogP contribution < -0.4 is 5.32 Å². The van der Waals surface area contributed by atoms with Gasteiger partial charge in [-0.3, -0.25) is 9.89 Å². The number of amides is 1. The number of carbonyl (C=O) groups excluding carboxylic acids is 1. The molecule has 1 amide bonds. The van der Waals surface area contributed by atoms with Gasteiger partial charge in [-0.25, -0.2) is 4.79 Å². The number of alkyl halides is 3. The van der Waals surface area contributed by atoms with Crippen LogP contribution in [-0.2, 0) is 4.79 Å². The van der Waals surface area contributed by atoms with Gasteiger partial charge in [-0.1, -0.05) is 12.8 Å². The smallest absolute Gasteiger partial charge is 0.392 e. The molecule has 0 aromatic carbocycles. The summed E-state index contributed by atoms with van der Waals surface area (Å²) in [6.07, 6.45) is -3.32. The highest BCUT2D eigenvalue weighted by atomic mass is 19.4. The lowest BCUT2D eigenvalue weighted by molar-refractivity contribution is -0.197. The molecule has 1 aromatic heterocycles. The fourth-order valence-electron chi connectivity index (χ4n) is 2.55. The molecule has 6 nitrogen and oxygen atoms in total. The van der Waals surface area contributed by atoms with Crippen molar-refractivity contribution >= 4 is 17.7 Å². The zero-order chi connectivity index (χ0) is 15.6. The molecule has 2 unspecified atom stereocenters. The lowest BCUT2D eigenvalue weighted by Gasteiger charge is -2.31. The minimum Gasteiger partial charge on any atom is -0.477 e. The van der Waals surface area contributed by atoms with Crippen molar-refractivity contribution in [1.82, 2.24) is 10.2 Å². The third kappa shape index (κ3) is 3.53. The summed E-state index contributed by atoms with van der Waals surface area (Å²) in [5.74, 6) is -4.97. The second kappa shape index (κ2) is 5.74. The Kier molecular flexibility index (Phi) is 4.19. The molecular weight excluding hydrogens is 291 g/mol. The molecule has 0 spiro atoms. The summed E-state index contributed by atoms with van der Waals surface area (Å²) >= 11 is 0. The summed E-state index contributed by atoms with van der Waals surface area (Å²) in [4.78, 5) is 22.6. The Morgan fingerprint density at radius 1 is 1.33 bits per heavy atom. The molecule has 0 aliphatic heterocycles. The van der Waals surface area contributed by atoms with E-state index in [-0.39, 0.29) is 24.4 Å². The van der Waals surface area contributed by atoms with Crippen molar-refractivity contribution in [3.63, 3.8) is 0 Å². The second-order valence-corrected chi connectivity index (χ2v) is 5.00. The second-order valence-electron chi connectivity index (χ2n) is 5.00. The largest absolute Gasteiger partial charge is 0.477 e. The number of H-pyrrole nitrogens is 1. The monoisotopic (exact) mass is 305 g/mol. The summed E-state index contributed by atoms with van der Waals surface area (Å²) < 4.78 is 38.8. The van der Waals surface area contributed by atoms with Crippen molar-refractivity contribution < 1.29 is 27.9 Å². The Labute approximate surface area is 117 Å². The average molecular weight is 305 g/mol. The normalized spacial score (nSPS) is 22.8. The van der Waals surface area contributed by atoms with Gasteiger partial charge in [0.15, 0.2) is 5.82 Å². The van der Waals surface area contributed by atoms with Gasteiger partial charge >= 0.3 is 12.1 Å². The van der Waals surface area contributed by atoms with Gasteiger partial charge in [-0.05, 0) is 12.8 Å². The summed E-state index contributed by atoms with van der Waals surface area (Å²) in [6.45, 7) is 0. The molecule has 0 saturated heterocycles. The van der Waals surface area contributed by atoms with E-state index >= 15 is 0 Å². The van der Waals surface area contributed by atoms with E-state index in [1.54, 1.807) is 0 Å². The lowest BCUT2D eigenvalue weighted by atomic mass is 9.78. The molecule has 3 N–H and O–H groups in total. The van der Waals surface area contributed by atoms with Crippen molar-refractivity contribution in [2.24, 2.45) is 11.8 Å². The predicted octanol–water partition coefficient (Wildman–Crippen LogP) is 2.42. The topological polar surface area (TPSA) is 95.1 Å². The maximum atomic E-state index is 12.9. The first-order valence-corrected chi connectivity index (χ1v) is 6.45. The van der Waals surface area contributed by atoms with Crippen molar-refractivity contribution in [1.29, 1.82) is 0 Å². The minimum atomic E-state index is -4.42. The van der Waals surface area contributed by atoms with E-state index in [1.165, 1.54) is 0 Å². The van der Waals surface area contributed by atoms with E-state index in [0.717, 1.165) is 6.07 Å². The van der Waals surface area contributed by atoms with Crippen LogP contribution in [0.15, 0.2) is 6.07 Å². The molecule has 21 heavy (non-hydrogen) atoms. The Hall–Kier alpha value is -2.06. The number of carbonyl (C=O) groups is 2. The Morgan fingerprint density at radius 2 is 2.00 bits per heavy atom. The Bertz CT molecular complexity index is 541. The summed E-state index contributed by atoms with van der Waals surface area (Å²) in [5, 5.41) is 16.7. The molecule has 9 heteroatoms. The molecule has 0 bridgehead atoms. The van der Waals surface area contributed by atoms with Crippen molar-refractivity contribution in [2.75, 3.05) is 5.32 Å². The maximum Gasteiger partial charge on any atom is 0.392 e. The number of carboxylic acid groups (broad SMARTS) is 1. The Balaban J connectivity index is 2.08. The predicted molar refractivity (Wildman–Crippen MR) is 65.7 cm³/mol. The lowest BCUT2D eigenvalue weighted by Crippen LogP contribution is -2.39. The quantitative estimate of drug-likeness (QED) is 0.799. The highest BCUT2D eigenvalue weighted by Crippen LogP contribution is 2.41. The third-order valence-corrected chi connectivity index (χ3v) is 3.58. The molecule has 2 rings (SSSR count). The van der Waals surface area contributed by atoms with Gasteiger partial charge in [0, 0.05) is 12.0 Å². The standard InChI is InChI=1S/C12H14F3N3O3/c13-12(14,15)7-4-2-1-3-6(7)10(19)16-9-5-8(11(20)21)17-18-9/h5-7H,1-4H2,(H,20,21)(H2,16,17,18,19). The zero-order valence-electron chi connectivity index (χ0n) is 10.9. The van der Waals surface area contributed by atoms with Crippen molar-refractivity contribution in [3.8, 4) is 0 Å². The first kappa shape index (κ1) is 15.3. The number of nitrogens with one attached hydrogen (secondary N) is 2. The molecule has 1 fully saturated rings. The number of aromatic nitrogens is 2. The Morgan fingerprint density at radius 3 is 2.57 bits per heavy atom. The molecule has 2 atom stereocenters. The van der Waals surface area contributed by atoms with Crippen LogP contribution in [0.1, 0.15) is 36.2 Å². The van der Waals surface area contributed by atoms with E-state index < -0.39 is 29.9 Å². The van der Waals surface area contributed by atoms with Gasteiger partial charge < -0.3 is 10.4 Å². The highest BCUT2D eigenvalue weighted by Gasteiger charge is 2.48. The zero-order valence-corrected chi connectivity index (χ0v) is 10.9. The number of aromatic amines is 1. The summed E-state index contributed by atoms with van der Waals surface area (Å²) in [6, 6.07) is 1.06. The van der Waals surface area contributed by atoms with E-state index in [9.17, 15) is 22.8 Å². The minimum absolute atomic E-state index is 0.0669. The molecule has 0 radical (unpaired) electrons. The van der Waals surface area contributed by atoms with Gasteiger partial charge in [0.2, 0.25) is 5.91 Å². The molecule has 1 heterocycles. The number of hydrogen-bond donors (Lipinski definition) is 3. The number of hydrogen-bond acceptors (Lipinski definition) is 3. The highest BCUT2D eigenvalue weighted by molar-refractivity contribution is 5.93. The van der Waals surface area contributed by atoms with Crippen LogP contribution in [0, 0.1) is 11.8 Å². The van der Waals surface area contributed by atoms with Gasteiger partial charge in [-0.15, -0.1) is 0 Å². The van der Waals surface area contributed by atoms with Crippen molar-refractivity contribution in [2.45, 2.75) is 31.9 Å². The van der Waals surface area contributed by atoms with E-state index in [4.69, 9.17) is 5.11 Å². The first-order valence-electron chi connectivity index (χ1n) is 6.45. The fourth-order valence-corrected chi connectivity index (χ4v) is 2.55. The van der Waals surface area contributed by atoms with Gasteiger partial charge in [0.25, 0.3) is 0 Å². The van der Waals surface area contributed by atoms with E-state index in [2.05, 4.69) is 15.5 Å². The molecule has 1 aromatic rings. The van der Waals surface area contributed by atoms with Crippen LogP contribution in [0.3, 0.4) is 0 Å². The van der Waals surface area contributed by atoms with Crippen LogP contribution in [0.5, 0.6) is 0 Å². The SMILES string of the molecule is O=C(O)c1cc(NC(=O)C2CCCCC2C(F)(F)F)n[nH]1. The maximum absolute atomic E-state index is 12.9. The molecule has 1 aliphatic carbocycles. The van der Waals surface area contributed by atoms with Crippen LogP contribution in [0.2, 0.25) is 0 Å². The number of nitrogens with zero attached hydrogens (tertiary/aromatic N) is 1. The third-order valence-electron chi connectivity index (χ3n) is 3.58. The van der Waals surface area contributed by atoms with Gasteiger partial charge in [0.05, 0.1) is 5.92 Å². The van der Waals surface area contributed by atoms with Gasteiger partial charge in [-0.2, -0.15) is 18.3 Å². The van der Waals surface area contributed by atoms with Crippen LogP contribution in [0.4, 0.5) is 19.0 Å². The summed E-state index contributed by atoms with van der Waals surface area (Å²) in [7, 11) is 0.